The van der Waals surface area contributed by atoms with Crippen LogP contribution >= 0.6 is 0 Å². The lowest BCUT2D eigenvalue weighted by atomic mass is 9.70. The summed E-state index contributed by atoms with van der Waals surface area (Å²) < 4.78 is 27.0. The van der Waals surface area contributed by atoms with Crippen molar-refractivity contribution < 1.29 is 13.2 Å². The van der Waals surface area contributed by atoms with E-state index in [1.54, 1.807) is 13.8 Å². The Morgan fingerprint density at radius 2 is 1.43 bits per heavy atom. The first kappa shape index (κ1) is 22.1. The minimum absolute atomic E-state index is 0.0129. The van der Waals surface area contributed by atoms with Crippen molar-refractivity contribution in [3.8, 4) is 0 Å². The monoisotopic (exact) mass is 412 g/mol. The molecule has 3 saturated carbocycles. The number of hydrogen-bond donors (Lipinski definition) is 2. The van der Waals surface area contributed by atoms with Crippen LogP contribution in [-0.4, -0.2) is 31.7 Å². The van der Waals surface area contributed by atoms with Gasteiger partial charge >= 0.3 is 0 Å². The van der Waals surface area contributed by atoms with Gasteiger partial charge in [0.25, 0.3) is 0 Å². The van der Waals surface area contributed by atoms with Crippen molar-refractivity contribution >= 4 is 15.9 Å². The molecule has 0 heterocycles. The Morgan fingerprint density at radius 3 is 2.07 bits per heavy atom. The van der Waals surface area contributed by atoms with Crippen molar-refractivity contribution in [1.82, 2.24) is 10.0 Å². The van der Waals surface area contributed by atoms with Crippen molar-refractivity contribution in [2.24, 2.45) is 17.8 Å². The van der Waals surface area contributed by atoms with Crippen molar-refractivity contribution in [3.63, 3.8) is 0 Å². The van der Waals surface area contributed by atoms with Gasteiger partial charge in [0.2, 0.25) is 15.9 Å². The first-order chi connectivity index (χ1) is 13.4. The number of amides is 1. The van der Waals surface area contributed by atoms with Gasteiger partial charge in [-0.05, 0) is 64.2 Å². The van der Waals surface area contributed by atoms with Crippen LogP contribution in [0.2, 0.25) is 0 Å². The summed E-state index contributed by atoms with van der Waals surface area (Å²) in [5.41, 5.74) is 0. The summed E-state index contributed by atoms with van der Waals surface area (Å²) in [7, 11) is -3.23. The van der Waals surface area contributed by atoms with E-state index in [2.05, 4.69) is 10.0 Å². The summed E-state index contributed by atoms with van der Waals surface area (Å²) in [5, 5.41) is 3.03. The summed E-state index contributed by atoms with van der Waals surface area (Å²) >= 11 is 0. The van der Waals surface area contributed by atoms with E-state index in [0.29, 0.717) is 12.0 Å². The van der Waals surface area contributed by atoms with Crippen molar-refractivity contribution in [1.29, 1.82) is 0 Å². The fourth-order valence-corrected chi connectivity index (χ4v) is 6.58. The summed E-state index contributed by atoms with van der Waals surface area (Å²) in [5.74, 6) is 1.75. The highest BCUT2D eigenvalue weighted by molar-refractivity contribution is 7.90. The van der Waals surface area contributed by atoms with Crippen LogP contribution in [0.15, 0.2) is 0 Å². The minimum atomic E-state index is -3.23. The van der Waals surface area contributed by atoms with Crippen molar-refractivity contribution in [2.75, 3.05) is 0 Å². The number of rotatable bonds is 6. The van der Waals surface area contributed by atoms with E-state index in [1.165, 1.54) is 51.4 Å². The predicted molar refractivity (Wildman–Crippen MR) is 113 cm³/mol. The molecule has 0 spiro atoms. The van der Waals surface area contributed by atoms with E-state index < -0.39 is 15.3 Å². The van der Waals surface area contributed by atoms with Gasteiger partial charge < -0.3 is 5.32 Å². The second-order valence-electron chi connectivity index (χ2n) is 9.72. The van der Waals surface area contributed by atoms with E-state index in [9.17, 15) is 13.2 Å². The normalized spacial score (nSPS) is 33.0. The smallest absolute Gasteiger partial charge is 0.223 e. The molecule has 3 fully saturated rings. The number of carbonyl (C=O) groups is 1. The highest BCUT2D eigenvalue weighted by Crippen LogP contribution is 2.38. The molecular formula is C22H40N2O3S. The van der Waals surface area contributed by atoms with Crippen LogP contribution < -0.4 is 10.0 Å². The quantitative estimate of drug-likeness (QED) is 0.689. The second kappa shape index (κ2) is 9.92. The standard InChI is InChI=1S/C22H40N2O3S/c1-16(2)28(26,27)24-19-14-12-18(13-15-19)22(25)23-21-11-7-6-10-20(21)17-8-4-3-5-9-17/h16-21,24H,3-15H2,1-2H3,(H,23,25)/t18-,19-,20?,21?. The second-order valence-corrected chi connectivity index (χ2v) is 12.0. The van der Waals surface area contributed by atoms with Gasteiger partial charge in [-0.2, -0.15) is 0 Å². The van der Waals surface area contributed by atoms with E-state index in [1.807, 2.05) is 0 Å². The maximum Gasteiger partial charge on any atom is 0.223 e. The molecule has 0 aliphatic heterocycles. The van der Waals surface area contributed by atoms with Gasteiger partial charge in [0.15, 0.2) is 0 Å². The summed E-state index contributed by atoms with van der Waals surface area (Å²) in [4.78, 5) is 12.9. The van der Waals surface area contributed by atoms with Gasteiger partial charge in [-0.3, -0.25) is 4.79 Å². The van der Waals surface area contributed by atoms with Gasteiger partial charge in [0.05, 0.1) is 5.25 Å². The lowest BCUT2D eigenvalue weighted by molar-refractivity contribution is -0.127. The molecule has 1 amide bonds. The maximum absolute atomic E-state index is 12.9. The van der Waals surface area contributed by atoms with Gasteiger partial charge in [-0.1, -0.05) is 44.9 Å². The molecule has 2 atom stereocenters. The summed E-state index contributed by atoms with van der Waals surface area (Å²) in [6, 6.07) is 0.350. The van der Waals surface area contributed by atoms with Crippen LogP contribution in [0.3, 0.4) is 0 Å². The molecule has 162 valence electrons. The molecular weight excluding hydrogens is 372 g/mol. The number of hydrogen-bond acceptors (Lipinski definition) is 3. The van der Waals surface area contributed by atoms with Crippen LogP contribution in [0.4, 0.5) is 0 Å². The highest BCUT2D eigenvalue weighted by Gasteiger charge is 2.35. The third kappa shape index (κ3) is 5.71. The average Bonchev–Trinajstić information content (AvgIpc) is 2.69. The Kier molecular flexibility index (Phi) is 7.82. The van der Waals surface area contributed by atoms with Gasteiger partial charge in [0, 0.05) is 18.0 Å². The Labute approximate surface area is 171 Å². The summed E-state index contributed by atoms with van der Waals surface area (Å²) in [6.45, 7) is 3.41. The molecule has 0 aromatic heterocycles. The highest BCUT2D eigenvalue weighted by atomic mass is 32.2. The zero-order chi connectivity index (χ0) is 20.1. The van der Waals surface area contributed by atoms with E-state index in [0.717, 1.165) is 38.0 Å². The topological polar surface area (TPSA) is 75.3 Å². The Hall–Kier alpha value is -0.620. The molecule has 5 nitrogen and oxygen atoms in total. The first-order valence-corrected chi connectivity index (χ1v) is 13.2. The Balaban J connectivity index is 1.49. The molecule has 0 radical (unpaired) electrons. The zero-order valence-electron chi connectivity index (χ0n) is 17.8. The van der Waals surface area contributed by atoms with Crippen LogP contribution in [0.5, 0.6) is 0 Å². The van der Waals surface area contributed by atoms with Gasteiger partial charge in [0.1, 0.15) is 0 Å². The van der Waals surface area contributed by atoms with Crippen LogP contribution in [-0.2, 0) is 14.8 Å². The van der Waals surface area contributed by atoms with Crippen LogP contribution in [0.1, 0.15) is 97.3 Å². The molecule has 0 aromatic rings. The average molecular weight is 413 g/mol. The Morgan fingerprint density at radius 1 is 0.821 bits per heavy atom. The lowest BCUT2D eigenvalue weighted by Crippen LogP contribution is -2.48. The third-order valence-electron chi connectivity index (χ3n) is 7.45. The molecule has 0 bridgehead atoms. The molecule has 2 N–H and O–H groups in total. The molecule has 28 heavy (non-hydrogen) atoms. The minimum Gasteiger partial charge on any atom is -0.353 e. The molecule has 3 aliphatic rings. The summed E-state index contributed by atoms with van der Waals surface area (Å²) in [6.07, 6.45) is 14.9. The number of nitrogens with one attached hydrogen (secondary N) is 2. The number of sulfonamides is 1. The van der Waals surface area contributed by atoms with Crippen LogP contribution in [0.25, 0.3) is 0 Å². The zero-order valence-corrected chi connectivity index (χ0v) is 18.6. The Bertz CT molecular complexity index is 605. The van der Waals surface area contributed by atoms with Crippen LogP contribution in [0, 0.1) is 17.8 Å². The fourth-order valence-electron chi connectivity index (χ4n) is 5.61. The molecule has 3 aliphatic carbocycles. The largest absolute Gasteiger partial charge is 0.353 e. The van der Waals surface area contributed by atoms with E-state index >= 15 is 0 Å². The number of carbonyl (C=O) groups excluding carboxylic acids is 1. The predicted octanol–water partition coefficient (Wildman–Crippen LogP) is 4.13. The molecule has 2 unspecified atom stereocenters. The third-order valence-corrected chi connectivity index (χ3v) is 9.35. The van der Waals surface area contributed by atoms with Crippen molar-refractivity contribution in [3.05, 3.63) is 0 Å². The molecule has 0 saturated heterocycles. The van der Waals surface area contributed by atoms with Gasteiger partial charge in [-0.15, -0.1) is 0 Å². The molecule has 3 rings (SSSR count). The van der Waals surface area contributed by atoms with Gasteiger partial charge in [-0.25, -0.2) is 13.1 Å². The lowest BCUT2D eigenvalue weighted by Gasteiger charge is -2.40. The fraction of sp³-hybridized carbons (Fsp3) is 0.955. The van der Waals surface area contributed by atoms with E-state index in [-0.39, 0.29) is 17.9 Å². The maximum atomic E-state index is 12.9. The SMILES string of the molecule is CC(C)S(=O)(=O)N[C@H]1CC[C@H](C(=O)NC2CCCCC2C2CCCCC2)CC1. The molecule has 0 aromatic carbocycles. The molecule has 6 heteroatoms. The van der Waals surface area contributed by atoms with Crippen molar-refractivity contribution in [2.45, 2.75) is 115 Å². The van der Waals surface area contributed by atoms with E-state index in [4.69, 9.17) is 0 Å². The first-order valence-electron chi connectivity index (χ1n) is 11.7.